The summed E-state index contributed by atoms with van der Waals surface area (Å²) in [5.74, 6) is 0.635. The zero-order chi connectivity index (χ0) is 12.1. The minimum Gasteiger partial charge on any atom is -0.385 e. The van der Waals surface area contributed by atoms with Gasteiger partial charge in [-0.25, -0.2) is 0 Å². The Morgan fingerprint density at radius 3 is 2.61 bits per heavy atom. The number of hydrogen-bond donors (Lipinski definition) is 2. The molecule has 2 fully saturated rings. The molecule has 0 radical (unpaired) electrons. The van der Waals surface area contributed by atoms with Crippen LogP contribution in [0.3, 0.4) is 0 Å². The van der Waals surface area contributed by atoms with Gasteiger partial charge in [-0.05, 0) is 37.5 Å². The number of methoxy groups -OCH3 is 1. The Morgan fingerprint density at radius 1 is 1.39 bits per heavy atom. The summed E-state index contributed by atoms with van der Waals surface area (Å²) in [6.45, 7) is 1.70. The highest BCUT2D eigenvalue weighted by atomic mass is 127. The molecule has 106 valence electrons. The third-order valence-electron chi connectivity index (χ3n) is 4.01. The highest BCUT2D eigenvalue weighted by molar-refractivity contribution is 14.0. The van der Waals surface area contributed by atoms with E-state index in [9.17, 15) is 0 Å². The Kier molecular flexibility index (Phi) is 6.70. The van der Waals surface area contributed by atoms with E-state index >= 15 is 0 Å². The molecule has 2 rings (SSSR count). The summed E-state index contributed by atoms with van der Waals surface area (Å²) in [5, 5.41) is 3.25. The van der Waals surface area contributed by atoms with Gasteiger partial charge in [0.05, 0.1) is 0 Å². The van der Waals surface area contributed by atoms with Gasteiger partial charge in [-0.3, -0.25) is 4.99 Å². The molecule has 0 aromatic rings. The predicted molar refractivity (Wildman–Crippen MR) is 85.5 cm³/mol. The Balaban J connectivity index is 0.00000162. The molecule has 0 aliphatic heterocycles. The largest absolute Gasteiger partial charge is 0.385 e. The zero-order valence-corrected chi connectivity index (χ0v) is 13.6. The van der Waals surface area contributed by atoms with Crippen LogP contribution in [0.5, 0.6) is 0 Å². The molecule has 2 aliphatic rings. The SMILES string of the molecule is COCCC1(CN=C(N)NC2CC2)CCCC1.I. The van der Waals surface area contributed by atoms with Gasteiger partial charge in [0, 0.05) is 26.3 Å². The fraction of sp³-hybridized carbons (Fsp3) is 0.923. The normalized spacial score (nSPS) is 22.6. The van der Waals surface area contributed by atoms with Crippen LogP contribution in [0.2, 0.25) is 0 Å². The molecule has 0 aromatic heterocycles. The standard InChI is InChI=1S/C13H25N3O.HI/c1-17-9-8-13(6-2-3-7-13)10-15-12(14)16-11-4-5-11;/h11H,2-10H2,1H3,(H3,14,15,16);1H. The van der Waals surface area contributed by atoms with Gasteiger partial charge < -0.3 is 15.8 Å². The van der Waals surface area contributed by atoms with Crippen molar-refractivity contribution in [3.8, 4) is 0 Å². The lowest BCUT2D eigenvalue weighted by Crippen LogP contribution is -2.35. The summed E-state index contributed by atoms with van der Waals surface area (Å²) in [6.07, 6.45) is 8.80. The van der Waals surface area contributed by atoms with Crippen molar-refractivity contribution in [2.45, 2.75) is 51.0 Å². The lowest BCUT2D eigenvalue weighted by atomic mass is 9.83. The predicted octanol–water partition coefficient (Wildman–Crippen LogP) is 2.27. The van der Waals surface area contributed by atoms with Gasteiger partial charge in [0.2, 0.25) is 0 Å². The number of ether oxygens (including phenoxy) is 1. The van der Waals surface area contributed by atoms with E-state index in [0.29, 0.717) is 17.4 Å². The van der Waals surface area contributed by atoms with Crippen LogP contribution in [-0.4, -0.2) is 32.3 Å². The van der Waals surface area contributed by atoms with Crippen LogP contribution in [0, 0.1) is 5.41 Å². The van der Waals surface area contributed by atoms with Crippen LogP contribution in [-0.2, 0) is 4.74 Å². The first-order chi connectivity index (χ1) is 8.24. The topological polar surface area (TPSA) is 59.6 Å². The van der Waals surface area contributed by atoms with Gasteiger partial charge in [-0.15, -0.1) is 24.0 Å². The molecular formula is C13H26IN3O. The average molecular weight is 367 g/mol. The van der Waals surface area contributed by atoms with Crippen molar-refractivity contribution in [1.82, 2.24) is 5.32 Å². The first kappa shape index (κ1) is 16.0. The van der Waals surface area contributed by atoms with Crippen molar-refractivity contribution >= 4 is 29.9 Å². The van der Waals surface area contributed by atoms with E-state index in [-0.39, 0.29) is 24.0 Å². The molecule has 0 aromatic carbocycles. The third kappa shape index (κ3) is 4.91. The maximum Gasteiger partial charge on any atom is 0.188 e. The van der Waals surface area contributed by atoms with E-state index in [1.54, 1.807) is 7.11 Å². The van der Waals surface area contributed by atoms with E-state index in [1.807, 2.05) is 0 Å². The van der Waals surface area contributed by atoms with E-state index in [1.165, 1.54) is 38.5 Å². The fourth-order valence-electron chi connectivity index (χ4n) is 2.67. The van der Waals surface area contributed by atoms with Crippen LogP contribution in [0.4, 0.5) is 0 Å². The maximum absolute atomic E-state index is 5.89. The van der Waals surface area contributed by atoms with E-state index in [2.05, 4.69) is 10.3 Å². The van der Waals surface area contributed by atoms with Crippen LogP contribution < -0.4 is 11.1 Å². The van der Waals surface area contributed by atoms with Crippen molar-refractivity contribution in [3.63, 3.8) is 0 Å². The molecule has 3 N–H and O–H groups in total. The van der Waals surface area contributed by atoms with Crippen molar-refractivity contribution < 1.29 is 4.74 Å². The summed E-state index contributed by atoms with van der Waals surface area (Å²) in [4.78, 5) is 4.54. The minimum atomic E-state index is 0. The highest BCUT2D eigenvalue weighted by Crippen LogP contribution is 2.41. The monoisotopic (exact) mass is 367 g/mol. The number of rotatable bonds is 6. The molecule has 0 amide bonds. The second-order valence-electron chi connectivity index (χ2n) is 5.57. The molecule has 0 saturated heterocycles. The van der Waals surface area contributed by atoms with E-state index in [0.717, 1.165) is 19.6 Å². The quantitative estimate of drug-likeness (QED) is 0.430. The van der Waals surface area contributed by atoms with Crippen molar-refractivity contribution in [1.29, 1.82) is 0 Å². The molecule has 0 bridgehead atoms. The smallest absolute Gasteiger partial charge is 0.188 e. The summed E-state index contributed by atoms with van der Waals surface area (Å²) < 4.78 is 5.21. The Morgan fingerprint density at radius 2 is 2.06 bits per heavy atom. The zero-order valence-electron chi connectivity index (χ0n) is 11.3. The number of guanidine groups is 1. The molecule has 0 unspecified atom stereocenters. The molecular weight excluding hydrogens is 341 g/mol. The summed E-state index contributed by atoms with van der Waals surface area (Å²) in [6, 6.07) is 0.595. The second kappa shape index (κ2) is 7.53. The number of aliphatic imine (C=N–C) groups is 1. The highest BCUT2D eigenvalue weighted by Gasteiger charge is 2.33. The first-order valence-corrected chi connectivity index (χ1v) is 6.79. The third-order valence-corrected chi connectivity index (χ3v) is 4.01. The van der Waals surface area contributed by atoms with Gasteiger partial charge in [0.25, 0.3) is 0 Å². The first-order valence-electron chi connectivity index (χ1n) is 6.79. The van der Waals surface area contributed by atoms with E-state index < -0.39 is 0 Å². The van der Waals surface area contributed by atoms with Crippen LogP contribution in [0.25, 0.3) is 0 Å². The summed E-state index contributed by atoms with van der Waals surface area (Å²) in [5.41, 5.74) is 6.24. The van der Waals surface area contributed by atoms with Crippen LogP contribution in [0.15, 0.2) is 4.99 Å². The average Bonchev–Trinajstić information content (AvgIpc) is 3.01. The summed E-state index contributed by atoms with van der Waals surface area (Å²) in [7, 11) is 1.77. The number of nitrogens with one attached hydrogen (secondary N) is 1. The van der Waals surface area contributed by atoms with Crippen LogP contribution in [0.1, 0.15) is 44.9 Å². The molecule has 0 spiro atoms. The van der Waals surface area contributed by atoms with Crippen LogP contribution >= 0.6 is 24.0 Å². The Hall–Kier alpha value is -0.0400. The second-order valence-corrected chi connectivity index (χ2v) is 5.57. The van der Waals surface area contributed by atoms with Gasteiger partial charge in [-0.2, -0.15) is 0 Å². The molecule has 0 atom stereocenters. The number of hydrogen-bond acceptors (Lipinski definition) is 2. The minimum absolute atomic E-state index is 0. The number of nitrogens with two attached hydrogens (primary N) is 1. The Bertz CT molecular complexity index is 273. The number of nitrogens with zero attached hydrogens (tertiary/aromatic N) is 1. The fourth-order valence-corrected chi connectivity index (χ4v) is 2.67. The lowest BCUT2D eigenvalue weighted by molar-refractivity contribution is 0.141. The van der Waals surface area contributed by atoms with Gasteiger partial charge in [0.15, 0.2) is 5.96 Å². The van der Waals surface area contributed by atoms with Gasteiger partial charge in [-0.1, -0.05) is 12.8 Å². The van der Waals surface area contributed by atoms with Crippen molar-refractivity contribution in [2.24, 2.45) is 16.1 Å². The van der Waals surface area contributed by atoms with Gasteiger partial charge in [0.1, 0.15) is 0 Å². The Labute approximate surface area is 127 Å². The maximum atomic E-state index is 5.89. The van der Waals surface area contributed by atoms with E-state index in [4.69, 9.17) is 10.5 Å². The van der Waals surface area contributed by atoms with Crippen molar-refractivity contribution in [2.75, 3.05) is 20.3 Å². The molecule has 0 heterocycles. The number of halogens is 1. The molecule has 4 nitrogen and oxygen atoms in total. The molecule has 2 saturated carbocycles. The van der Waals surface area contributed by atoms with Gasteiger partial charge >= 0.3 is 0 Å². The molecule has 18 heavy (non-hydrogen) atoms. The molecule has 5 heteroatoms. The lowest BCUT2D eigenvalue weighted by Gasteiger charge is -2.26. The van der Waals surface area contributed by atoms with Crippen molar-refractivity contribution in [3.05, 3.63) is 0 Å². The summed E-state index contributed by atoms with van der Waals surface area (Å²) >= 11 is 0. The molecule has 2 aliphatic carbocycles.